The summed E-state index contributed by atoms with van der Waals surface area (Å²) < 4.78 is 10.6. The van der Waals surface area contributed by atoms with Gasteiger partial charge < -0.3 is 19.5 Å². The van der Waals surface area contributed by atoms with Gasteiger partial charge in [-0.3, -0.25) is 4.98 Å². The highest BCUT2D eigenvalue weighted by molar-refractivity contribution is 6.31. The van der Waals surface area contributed by atoms with Crippen molar-refractivity contribution in [2.45, 2.75) is 5.92 Å². The Bertz CT molecular complexity index is 957. The van der Waals surface area contributed by atoms with Crippen LogP contribution >= 0.6 is 11.6 Å². The number of amides is 2. The molecule has 1 aliphatic rings. The first-order valence-corrected chi connectivity index (χ1v) is 8.65. The van der Waals surface area contributed by atoms with Crippen LogP contribution in [-0.4, -0.2) is 46.3 Å². The summed E-state index contributed by atoms with van der Waals surface area (Å²) in [5.41, 5.74) is 1.31. The molecule has 4 rings (SSSR count). The van der Waals surface area contributed by atoms with Gasteiger partial charge in [0.05, 0.1) is 18.7 Å². The summed E-state index contributed by atoms with van der Waals surface area (Å²) in [7, 11) is 1.54. The normalized spacial score (nSPS) is 13.9. The van der Waals surface area contributed by atoms with Gasteiger partial charge in [-0.15, -0.1) is 0 Å². The molecule has 0 bridgehead atoms. The number of carbonyl (C=O) groups is 1. The number of likely N-dealkylation sites (tertiary alicyclic amines) is 1. The predicted octanol–water partition coefficient (Wildman–Crippen LogP) is 3.42. The number of aromatic nitrogens is 3. The number of rotatable bonds is 4. The lowest BCUT2D eigenvalue weighted by Gasteiger charge is -2.36. The third kappa shape index (κ3) is 3.56. The molecule has 3 heterocycles. The minimum atomic E-state index is -0.237. The Kier molecular flexibility index (Phi) is 4.64. The van der Waals surface area contributed by atoms with Gasteiger partial charge in [0, 0.05) is 36.1 Å². The largest absolute Gasteiger partial charge is 0.495 e. The smallest absolute Gasteiger partial charge is 0.321 e. The second-order valence-electron chi connectivity index (χ2n) is 6.07. The molecule has 0 aliphatic carbocycles. The number of hydrogen-bond acceptors (Lipinski definition) is 6. The van der Waals surface area contributed by atoms with Crippen molar-refractivity contribution in [2.24, 2.45) is 0 Å². The van der Waals surface area contributed by atoms with Crippen LogP contribution in [-0.2, 0) is 0 Å². The van der Waals surface area contributed by atoms with E-state index in [0.29, 0.717) is 41.3 Å². The summed E-state index contributed by atoms with van der Waals surface area (Å²) >= 11 is 5.99. The number of benzene rings is 1. The lowest BCUT2D eigenvalue weighted by atomic mass is 10.0. The molecule has 1 N–H and O–H groups in total. The first kappa shape index (κ1) is 17.3. The van der Waals surface area contributed by atoms with Crippen molar-refractivity contribution in [3.63, 3.8) is 0 Å². The molecule has 1 aromatic carbocycles. The third-order valence-corrected chi connectivity index (χ3v) is 4.52. The van der Waals surface area contributed by atoms with Crippen LogP contribution in [0.25, 0.3) is 11.4 Å². The highest BCUT2D eigenvalue weighted by Gasteiger charge is 2.36. The van der Waals surface area contributed by atoms with Crippen molar-refractivity contribution in [3.8, 4) is 17.1 Å². The minimum absolute atomic E-state index is 0.00919. The SMILES string of the molecule is COc1ccc(Cl)cc1NC(=O)N1CC(c2nc(-c3cccnc3)no2)C1. The van der Waals surface area contributed by atoms with E-state index in [9.17, 15) is 4.79 Å². The maximum Gasteiger partial charge on any atom is 0.321 e. The zero-order chi connectivity index (χ0) is 18.8. The van der Waals surface area contributed by atoms with Gasteiger partial charge in [0.25, 0.3) is 0 Å². The van der Waals surface area contributed by atoms with Crippen LogP contribution in [0, 0.1) is 0 Å². The number of methoxy groups -OCH3 is 1. The maximum absolute atomic E-state index is 12.4. The number of ether oxygens (including phenoxy) is 1. The molecule has 0 radical (unpaired) electrons. The monoisotopic (exact) mass is 385 g/mol. The van der Waals surface area contributed by atoms with Gasteiger partial charge in [-0.1, -0.05) is 16.8 Å². The molecule has 0 spiro atoms. The number of carbonyl (C=O) groups excluding carboxylic acids is 1. The number of nitrogens with zero attached hydrogens (tertiary/aromatic N) is 4. The Morgan fingerprint density at radius 1 is 1.37 bits per heavy atom. The average Bonchev–Trinajstić information content (AvgIpc) is 3.11. The van der Waals surface area contributed by atoms with Crippen LogP contribution in [0.15, 0.2) is 47.2 Å². The number of hydrogen-bond donors (Lipinski definition) is 1. The maximum atomic E-state index is 12.4. The fourth-order valence-electron chi connectivity index (χ4n) is 2.79. The quantitative estimate of drug-likeness (QED) is 0.739. The molecule has 1 saturated heterocycles. The molecule has 0 saturated carbocycles. The van der Waals surface area contributed by atoms with Crippen LogP contribution in [0.2, 0.25) is 5.02 Å². The van der Waals surface area contributed by atoms with E-state index in [1.807, 2.05) is 12.1 Å². The number of halogens is 1. The van der Waals surface area contributed by atoms with E-state index in [1.165, 1.54) is 7.11 Å². The summed E-state index contributed by atoms with van der Waals surface area (Å²) in [5, 5.41) is 7.31. The van der Waals surface area contributed by atoms with Gasteiger partial charge in [0.2, 0.25) is 11.7 Å². The van der Waals surface area contributed by atoms with Crippen molar-refractivity contribution in [1.82, 2.24) is 20.0 Å². The van der Waals surface area contributed by atoms with E-state index in [1.54, 1.807) is 35.5 Å². The van der Waals surface area contributed by atoms with Crippen LogP contribution < -0.4 is 10.1 Å². The van der Waals surface area contributed by atoms with E-state index in [2.05, 4.69) is 20.4 Å². The average molecular weight is 386 g/mol. The first-order chi connectivity index (χ1) is 13.1. The molecule has 0 atom stereocenters. The Balaban J connectivity index is 1.38. The van der Waals surface area contributed by atoms with Crippen LogP contribution in [0.1, 0.15) is 11.8 Å². The summed E-state index contributed by atoms with van der Waals surface area (Å²) in [4.78, 5) is 22.5. The van der Waals surface area contributed by atoms with Crippen LogP contribution in [0.5, 0.6) is 5.75 Å². The number of urea groups is 1. The molecule has 138 valence electrons. The van der Waals surface area contributed by atoms with Gasteiger partial charge in [0.15, 0.2) is 0 Å². The fraction of sp³-hybridized carbons (Fsp3) is 0.222. The topological polar surface area (TPSA) is 93.4 Å². The number of anilines is 1. The van der Waals surface area contributed by atoms with E-state index < -0.39 is 0 Å². The Morgan fingerprint density at radius 3 is 2.96 bits per heavy atom. The molecule has 0 unspecified atom stereocenters. The Labute approximate surface area is 160 Å². The first-order valence-electron chi connectivity index (χ1n) is 8.27. The van der Waals surface area contributed by atoms with Crippen molar-refractivity contribution in [3.05, 3.63) is 53.6 Å². The molecule has 9 heteroatoms. The van der Waals surface area contributed by atoms with Crippen molar-refractivity contribution >= 4 is 23.3 Å². The zero-order valence-electron chi connectivity index (χ0n) is 14.4. The van der Waals surface area contributed by atoms with E-state index in [-0.39, 0.29) is 11.9 Å². The zero-order valence-corrected chi connectivity index (χ0v) is 15.2. The standard InChI is InChI=1S/C18H16ClN5O3/c1-26-15-5-4-13(19)7-14(15)21-18(25)24-9-12(10-24)17-22-16(23-27-17)11-3-2-6-20-8-11/h2-8,12H,9-10H2,1H3,(H,21,25). The molecule has 2 aromatic heterocycles. The molecule has 27 heavy (non-hydrogen) atoms. The van der Waals surface area contributed by atoms with E-state index in [4.69, 9.17) is 20.9 Å². The highest BCUT2D eigenvalue weighted by atomic mass is 35.5. The molecule has 2 amide bonds. The van der Waals surface area contributed by atoms with E-state index >= 15 is 0 Å². The van der Waals surface area contributed by atoms with Crippen molar-refractivity contribution < 1.29 is 14.1 Å². The van der Waals surface area contributed by atoms with Gasteiger partial charge in [-0.25, -0.2) is 4.79 Å². The lowest BCUT2D eigenvalue weighted by molar-refractivity contribution is 0.147. The second kappa shape index (κ2) is 7.24. The molecular weight excluding hydrogens is 370 g/mol. The summed E-state index contributed by atoms with van der Waals surface area (Å²) in [6.07, 6.45) is 3.36. The van der Waals surface area contributed by atoms with Crippen molar-refractivity contribution in [1.29, 1.82) is 0 Å². The van der Waals surface area contributed by atoms with Crippen LogP contribution in [0.3, 0.4) is 0 Å². The third-order valence-electron chi connectivity index (χ3n) is 4.28. The summed E-state index contributed by atoms with van der Waals surface area (Å²) in [6.45, 7) is 0.979. The lowest BCUT2D eigenvalue weighted by Crippen LogP contribution is -2.50. The molecule has 1 fully saturated rings. The molecular formula is C18H16ClN5O3. The van der Waals surface area contributed by atoms with Crippen LogP contribution in [0.4, 0.5) is 10.5 Å². The second-order valence-corrected chi connectivity index (χ2v) is 6.51. The Morgan fingerprint density at radius 2 is 2.22 bits per heavy atom. The fourth-order valence-corrected chi connectivity index (χ4v) is 2.96. The van der Waals surface area contributed by atoms with Gasteiger partial charge >= 0.3 is 6.03 Å². The summed E-state index contributed by atoms with van der Waals surface area (Å²) in [6, 6.07) is 8.48. The van der Waals surface area contributed by atoms with Gasteiger partial charge in [-0.2, -0.15) is 4.98 Å². The number of pyridine rings is 1. The van der Waals surface area contributed by atoms with Crippen molar-refractivity contribution in [2.75, 3.05) is 25.5 Å². The highest BCUT2D eigenvalue weighted by Crippen LogP contribution is 2.31. The Hall–Kier alpha value is -3.13. The van der Waals surface area contributed by atoms with E-state index in [0.717, 1.165) is 5.56 Å². The summed E-state index contributed by atoms with van der Waals surface area (Å²) in [5.74, 6) is 1.56. The molecule has 1 aliphatic heterocycles. The number of nitrogens with one attached hydrogen (secondary N) is 1. The van der Waals surface area contributed by atoms with Gasteiger partial charge in [0.1, 0.15) is 5.75 Å². The van der Waals surface area contributed by atoms with Gasteiger partial charge in [-0.05, 0) is 30.3 Å². The minimum Gasteiger partial charge on any atom is -0.495 e. The molecule has 8 nitrogen and oxygen atoms in total. The molecule has 3 aromatic rings. The predicted molar refractivity (Wildman–Crippen MR) is 98.9 cm³/mol.